The predicted molar refractivity (Wildman–Crippen MR) is 510 cm³/mol. The number of furan rings is 4. The lowest BCUT2D eigenvalue weighted by molar-refractivity contribution is 0.0841. The van der Waals surface area contributed by atoms with Gasteiger partial charge in [0.2, 0.25) is 40.4 Å². The van der Waals surface area contributed by atoms with Gasteiger partial charge in [0, 0.05) is 67.8 Å². The van der Waals surface area contributed by atoms with Crippen LogP contribution in [0.4, 0.5) is 0 Å². The van der Waals surface area contributed by atoms with Crippen LogP contribution in [0, 0.1) is 57.3 Å². The molecule has 2 unspecified atom stereocenters. The lowest BCUT2D eigenvalue weighted by atomic mass is 9.94. The van der Waals surface area contributed by atoms with E-state index in [1.807, 2.05) is 122 Å². The third kappa shape index (κ3) is 22.9. The number of ether oxygens (including phenoxy) is 4. The second-order valence-electron chi connectivity index (χ2n) is 32.4. The molecule has 0 N–H and O–H groups in total. The Kier molecular flexibility index (Phi) is 32.5. The summed E-state index contributed by atoms with van der Waals surface area (Å²) in [5.41, 5.74) is 7.35. The summed E-state index contributed by atoms with van der Waals surface area (Å²) in [6.45, 7) is 21.8. The first-order chi connectivity index (χ1) is 62.0. The smallest absolute Gasteiger partial charge is 0.268 e. The Morgan fingerprint density at radius 1 is 0.397 bits per heavy atom. The van der Waals surface area contributed by atoms with Crippen molar-refractivity contribution in [1.29, 1.82) is 0 Å². The molecule has 688 valence electrons. The first-order valence-corrected chi connectivity index (χ1v) is 48.7. The van der Waals surface area contributed by atoms with Gasteiger partial charge in [0.1, 0.15) is 22.8 Å². The van der Waals surface area contributed by atoms with Crippen molar-refractivity contribution in [2.45, 2.75) is 133 Å². The van der Waals surface area contributed by atoms with E-state index < -0.39 is 46.1 Å². The maximum Gasteiger partial charge on any atom is 0.268 e. The Bertz CT molecular complexity index is 6980. The van der Waals surface area contributed by atoms with E-state index in [9.17, 15) is 48.1 Å². The number of hydrogen-bond acceptors (Lipinski definition) is 20. The number of aromatic nitrogens is 4. The first-order valence-electron chi connectivity index (χ1n) is 41.4. The van der Waals surface area contributed by atoms with Crippen LogP contribution in [0.2, 0.25) is 20.1 Å². The summed E-state index contributed by atoms with van der Waals surface area (Å²) >= 11 is 25.5. The average Bonchev–Trinajstić information content (AvgIpc) is 1.64. The summed E-state index contributed by atoms with van der Waals surface area (Å²) < 4.78 is 156. The minimum Gasteiger partial charge on any atom is -0.493 e. The predicted octanol–water partition coefficient (Wildman–Crippen LogP) is 23.0. The van der Waals surface area contributed by atoms with Gasteiger partial charge < -0.3 is 36.6 Å². The maximum atomic E-state index is 13.6. The standard InChI is InChI=1S/C27H27ClN2O5S.C27H26ClNO5S.C23H26ClNO5S.C22H22ClNO4S/c1-18-10-12-20(13-11-18)36(32,33)30-15-14-21(28)25(30)23-17-24(34-4)27(35-23)26(31)22(29(2)3)16-19-8-6-5-7-9-19;1-17(2)20-7-5-6-19(14-20)15-23(30)27-25(33-4)16-24(34-27)26-22(28)12-13-29(26)35(31,32)21-10-8-18(3)9-11-21;1-14(2)12-16(4)22(26)23-20(29-5)13-19(30-23)21-18(24)10-11-25(21)31(27,28)17-8-6-15(3)7-9-17;1-15(2)6-5-7-19-20(27-4)14-21(28-19)22-18(23)12-13-24(22)29(25,26)17-10-8-16(3)9-11-17/h5-15,17,22H,16H2,1-4H3;5-14,16-17H,15H2,1-4H3;6-11,13-14,16H,12H2,1-5H3;8-15H,6H2,1-4H3. The van der Waals surface area contributed by atoms with Gasteiger partial charge in [-0.05, 0) is 168 Å². The van der Waals surface area contributed by atoms with Crippen molar-refractivity contribution >= 4 is 104 Å². The van der Waals surface area contributed by atoms with Gasteiger partial charge in [-0.2, -0.15) is 0 Å². The van der Waals surface area contributed by atoms with E-state index in [4.69, 9.17) is 83.0 Å². The number of benzene rings is 6. The molecule has 0 bridgehead atoms. The molecule has 8 aromatic heterocycles. The Balaban J connectivity index is 0.000000169. The molecule has 0 saturated heterocycles. The fraction of sp³-hybridized carbons (Fsp3) is 0.263. The van der Waals surface area contributed by atoms with Gasteiger partial charge in [-0.1, -0.05) is 226 Å². The van der Waals surface area contributed by atoms with Crippen LogP contribution in [0.5, 0.6) is 23.0 Å². The van der Waals surface area contributed by atoms with Crippen LogP contribution >= 0.6 is 46.4 Å². The molecule has 32 heteroatoms. The number of nitrogens with zero attached hydrogens (tertiary/aromatic N) is 5. The lowest BCUT2D eigenvalue weighted by Crippen LogP contribution is -2.37. The molecule has 2 atom stereocenters. The Morgan fingerprint density at radius 2 is 0.733 bits per heavy atom. The number of ketones is 3. The summed E-state index contributed by atoms with van der Waals surface area (Å²) in [6.07, 6.45) is 7.47. The van der Waals surface area contributed by atoms with Crippen LogP contribution in [0.15, 0.2) is 262 Å². The van der Waals surface area contributed by atoms with E-state index in [1.54, 1.807) is 66.7 Å². The Labute approximate surface area is 784 Å². The molecule has 0 fully saturated rings. The highest BCUT2D eigenvalue weighted by molar-refractivity contribution is 7.91. The zero-order valence-electron chi connectivity index (χ0n) is 75.2. The number of rotatable bonds is 30. The summed E-state index contributed by atoms with van der Waals surface area (Å²) in [5.74, 6) is 8.15. The van der Waals surface area contributed by atoms with Crippen molar-refractivity contribution in [3.05, 3.63) is 307 Å². The molecule has 131 heavy (non-hydrogen) atoms. The monoisotopic (exact) mass is 1930 g/mol. The summed E-state index contributed by atoms with van der Waals surface area (Å²) in [5, 5.41) is 0.760. The van der Waals surface area contributed by atoms with Gasteiger partial charge in [0.15, 0.2) is 46.0 Å². The van der Waals surface area contributed by atoms with Crippen LogP contribution in [0.1, 0.15) is 144 Å². The second-order valence-corrected chi connectivity index (χ2v) is 41.3. The van der Waals surface area contributed by atoms with E-state index in [0.717, 1.165) is 54.8 Å². The van der Waals surface area contributed by atoms with Gasteiger partial charge >= 0.3 is 0 Å². The number of likely N-dealkylation sites (N-methyl/N-ethyl adjacent to an activating group) is 1. The number of carbonyl (C=O) groups excluding carboxylic acids is 3. The van der Waals surface area contributed by atoms with E-state index in [2.05, 4.69) is 39.5 Å². The normalized spacial score (nSPS) is 12.2. The lowest BCUT2D eigenvalue weighted by Gasteiger charge is -2.22. The van der Waals surface area contributed by atoms with E-state index in [0.29, 0.717) is 48.5 Å². The van der Waals surface area contributed by atoms with Crippen molar-refractivity contribution in [2.24, 2.45) is 17.8 Å². The van der Waals surface area contributed by atoms with Crippen molar-refractivity contribution in [2.75, 3.05) is 42.5 Å². The van der Waals surface area contributed by atoms with Crippen molar-refractivity contribution in [3.63, 3.8) is 0 Å². The molecular formula is C99H101Cl4N5O19S4. The average molecular weight is 1930 g/mol. The van der Waals surface area contributed by atoms with Crippen molar-refractivity contribution in [3.8, 4) is 80.7 Å². The molecule has 6 aromatic carbocycles. The number of Topliss-reactive ketones (excluding diaryl/α,β-unsaturated/α-hetero) is 3. The Morgan fingerprint density at radius 3 is 1.08 bits per heavy atom. The highest BCUT2D eigenvalue weighted by Crippen LogP contribution is 2.44. The number of aryl methyl sites for hydroxylation is 4. The Hall–Kier alpha value is -11.8. The van der Waals surface area contributed by atoms with Crippen LogP contribution in [0.3, 0.4) is 0 Å². The molecule has 0 radical (unpaired) electrons. The minimum absolute atomic E-state index is 0.00122. The van der Waals surface area contributed by atoms with Gasteiger partial charge in [0.05, 0.1) is 74.2 Å². The largest absolute Gasteiger partial charge is 0.493 e. The zero-order valence-corrected chi connectivity index (χ0v) is 81.5. The third-order valence-electron chi connectivity index (χ3n) is 21.0. The van der Waals surface area contributed by atoms with Crippen LogP contribution in [-0.2, 0) is 52.9 Å². The SMILES string of the molecule is COc1cc(-c2c(Cl)ccn2S(=O)(=O)c2ccc(C)cc2)oc1C#CCC(C)C.COc1cc(-c2c(Cl)ccn2S(=O)(=O)c2ccc(C)cc2)oc1C(=O)C(C)CC(C)C.COc1cc(-c2c(Cl)ccn2S(=O)(=O)c2ccc(C)cc2)oc1C(=O)C(Cc1ccccc1)N(C)C.COc1cc(-c2c(Cl)ccn2S(=O)(=O)c2ccc(C)cc2)oc1C(=O)Cc1cccc(C(C)C)c1. The molecule has 0 aliphatic rings. The molecule has 8 heterocycles. The van der Waals surface area contributed by atoms with Crippen LogP contribution in [-0.4, -0.2) is 120 Å². The van der Waals surface area contributed by atoms with Gasteiger partial charge in [0.25, 0.3) is 40.1 Å². The van der Waals surface area contributed by atoms with Crippen LogP contribution < -0.4 is 18.9 Å². The third-order valence-corrected chi connectivity index (χ3v) is 29.0. The van der Waals surface area contributed by atoms with Crippen molar-refractivity contribution in [1.82, 2.24) is 20.8 Å². The molecule has 14 rings (SSSR count). The minimum atomic E-state index is -3.98. The molecule has 0 aliphatic carbocycles. The van der Waals surface area contributed by atoms with E-state index in [-0.39, 0.29) is 150 Å². The van der Waals surface area contributed by atoms with Crippen LogP contribution in [0.25, 0.3) is 45.8 Å². The number of carbonyl (C=O) groups is 3. The molecule has 24 nitrogen and oxygen atoms in total. The van der Waals surface area contributed by atoms with E-state index in [1.165, 1.54) is 132 Å². The van der Waals surface area contributed by atoms with E-state index >= 15 is 0 Å². The highest BCUT2D eigenvalue weighted by atomic mass is 35.5. The van der Waals surface area contributed by atoms with Gasteiger partial charge in [-0.15, -0.1) is 0 Å². The molecule has 0 aliphatic heterocycles. The van der Waals surface area contributed by atoms with Gasteiger partial charge in [-0.3, -0.25) is 19.3 Å². The number of halogens is 4. The summed E-state index contributed by atoms with van der Waals surface area (Å²) in [7, 11) is -6.30. The molecule has 0 spiro atoms. The fourth-order valence-corrected chi connectivity index (χ4v) is 20.6. The van der Waals surface area contributed by atoms with Gasteiger partial charge in [-0.25, -0.2) is 49.6 Å². The summed E-state index contributed by atoms with van der Waals surface area (Å²) in [6, 6.07) is 55.1. The molecule has 14 aromatic rings. The second kappa shape index (κ2) is 42.6. The maximum absolute atomic E-state index is 13.6. The molecular weight excluding hydrogens is 1830 g/mol. The topological polar surface area (TPSA) is 300 Å². The fourth-order valence-electron chi connectivity index (χ4n) is 14.0. The number of hydrogen-bond donors (Lipinski definition) is 0. The highest BCUT2D eigenvalue weighted by Gasteiger charge is 2.36. The first kappa shape index (κ1) is 99.8. The number of methoxy groups -OCH3 is 4. The molecule has 0 amide bonds. The quantitative estimate of drug-likeness (QED) is 0.0298. The summed E-state index contributed by atoms with van der Waals surface area (Å²) in [4.78, 5) is 42.0. The molecule has 0 saturated carbocycles. The van der Waals surface area contributed by atoms with Crippen molar-refractivity contribution < 1.29 is 84.7 Å². The zero-order chi connectivity index (χ0) is 95.5.